The Morgan fingerprint density at radius 2 is 2.19 bits per heavy atom. The monoisotopic (exact) mass is 238 g/mol. The summed E-state index contributed by atoms with van der Waals surface area (Å²) in [7, 11) is 0. The van der Waals surface area contributed by atoms with Gasteiger partial charge in [-0.15, -0.1) is 11.3 Å². The average molecular weight is 238 g/mol. The summed E-state index contributed by atoms with van der Waals surface area (Å²) in [5, 5.41) is 5.09. The number of nitrogens with one attached hydrogen (secondary N) is 1. The van der Waals surface area contributed by atoms with E-state index in [1.54, 1.807) is 11.3 Å². The Hall–Kier alpha value is -0.870. The normalized spacial score (nSPS) is 25.3. The lowest BCUT2D eigenvalue weighted by Crippen LogP contribution is -2.40. The highest BCUT2D eigenvalue weighted by molar-refractivity contribution is 7.10. The number of carbonyl (C=O) groups excluding carboxylic acids is 1. The molecule has 0 radical (unpaired) electrons. The SMILES string of the molecule is NC1CCC(NC(=O)Cc2cccs2)CC1. The maximum atomic E-state index is 11.7. The van der Waals surface area contributed by atoms with Crippen molar-refractivity contribution in [2.24, 2.45) is 5.73 Å². The molecule has 0 aromatic carbocycles. The van der Waals surface area contributed by atoms with Crippen LogP contribution in [0.15, 0.2) is 17.5 Å². The molecule has 3 N–H and O–H groups in total. The van der Waals surface area contributed by atoms with E-state index in [-0.39, 0.29) is 5.91 Å². The topological polar surface area (TPSA) is 55.1 Å². The van der Waals surface area contributed by atoms with Gasteiger partial charge in [0, 0.05) is 17.0 Å². The van der Waals surface area contributed by atoms with E-state index in [0.717, 1.165) is 30.6 Å². The fourth-order valence-corrected chi connectivity index (χ4v) is 2.82. The highest BCUT2D eigenvalue weighted by atomic mass is 32.1. The smallest absolute Gasteiger partial charge is 0.225 e. The molecule has 0 aliphatic heterocycles. The van der Waals surface area contributed by atoms with E-state index in [0.29, 0.717) is 18.5 Å². The van der Waals surface area contributed by atoms with Crippen LogP contribution in [0, 0.1) is 0 Å². The van der Waals surface area contributed by atoms with Crippen LogP contribution in [-0.2, 0) is 11.2 Å². The predicted molar refractivity (Wildman–Crippen MR) is 66.4 cm³/mol. The summed E-state index contributed by atoms with van der Waals surface area (Å²) < 4.78 is 0. The molecule has 1 aromatic heterocycles. The average Bonchev–Trinajstić information content (AvgIpc) is 2.74. The van der Waals surface area contributed by atoms with Crippen LogP contribution in [0.5, 0.6) is 0 Å². The molecule has 0 saturated heterocycles. The van der Waals surface area contributed by atoms with E-state index in [4.69, 9.17) is 5.73 Å². The van der Waals surface area contributed by atoms with Gasteiger partial charge >= 0.3 is 0 Å². The molecule has 1 aliphatic rings. The lowest BCUT2D eigenvalue weighted by molar-refractivity contribution is -0.121. The molecule has 2 rings (SSSR count). The number of amides is 1. The maximum Gasteiger partial charge on any atom is 0.225 e. The summed E-state index contributed by atoms with van der Waals surface area (Å²) in [6.07, 6.45) is 4.63. The minimum atomic E-state index is 0.142. The summed E-state index contributed by atoms with van der Waals surface area (Å²) in [5.74, 6) is 0.142. The molecule has 4 heteroatoms. The first-order valence-electron chi connectivity index (χ1n) is 5.81. The molecule has 1 fully saturated rings. The Kier molecular flexibility index (Phi) is 3.96. The fourth-order valence-electron chi connectivity index (χ4n) is 2.11. The van der Waals surface area contributed by atoms with E-state index in [9.17, 15) is 4.79 Å². The second-order valence-electron chi connectivity index (χ2n) is 4.44. The molecule has 1 heterocycles. The lowest BCUT2D eigenvalue weighted by atomic mass is 9.92. The Morgan fingerprint density at radius 1 is 1.44 bits per heavy atom. The van der Waals surface area contributed by atoms with E-state index in [1.165, 1.54) is 0 Å². The zero-order valence-corrected chi connectivity index (χ0v) is 10.1. The van der Waals surface area contributed by atoms with E-state index >= 15 is 0 Å². The van der Waals surface area contributed by atoms with Crippen molar-refractivity contribution in [2.45, 2.75) is 44.2 Å². The quantitative estimate of drug-likeness (QED) is 0.841. The molecule has 0 unspecified atom stereocenters. The molecular formula is C12H18N2OS. The third-order valence-electron chi connectivity index (χ3n) is 3.05. The standard InChI is InChI=1S/C12H18N2OS/c13-9-3-5-10(6-4-9)14-12(15)8-11-2-1-7-16-11/h1-2,7,9-10H,3-6,8,13H2,(H,14,15). The zero-order valence-electron chi connectivity index (χ0n) is 9.32. The number of hydrogen-bond donors (Lipinski definition) is 2. The third-order valence-corrected chi connectivity index (χ3v) is 3.93. The van der Waals surface area contributed by atoms with Crippen molar-refractivity contribution >= 4 is 17.2 Å². The van der Waals surface area contributed by atoms with Crippen LogP contribution in [0.3, 0.4) is 0 Å². The fraction of sp³-hybridized carbons (Fsp3) is 0.583. The van der Waals surface area contributed by atoms with Gasteiger partial charge in [-0.3, -0.25) is 4.79 Å². The summed E-state index contributed by atoms with van der Waals surface area (Å²) in [4.78, 5) is 12.9. The highest BCUT2D eigenvalue weighted by Crippen LogP contribution is 2.17. The molecule has 1 aliphatic carbocycles. The molecule has 0 bridgehead atoms. The van der Waals surface area contributed by atoms with Crippen LogP contribution >= 0.6 is 11.3 Å². The molecule has 1 saturated carbocycles. The minimum absolute atomic E-state index is 0.142. The highest BCUT2D eigenvalue weighted by Gasteiger charge is 2.19. The largest absolute Gasteiger partial charge is 0.353 e. The Bertz CT molecular complexity index is 329. The summed E-state index contributed by atoms with van der Waals surface area (Å²) in [6.45, 7) is 0. The predicted octanol–water partition coefficient (Wildman–Crippen LogP) is 1.68. The van der Waals surface area contributed by atoms with Gasteiger partial charge in [0.2, 0.25) is 5.91 Å². The van der Waals surface area contributed by atoms with E-state index < -0.39 is 0 Å². The zero-order chi connectivity index (χ0) is 11.4. The lowest BCUT2D eigenvalue weighted by Gasteiger charge is -2.26. The van der Waals surface area contributed by atoms with Crippen LogP contribution in [0.2, 0.25) is 0 Å². The van der Waals surface area contributed by atoms with E-state index in [2.05, 4.69) is 5.32 Å². The van der Waals surface area contributed by atoms with Crippen molar-refractivity contribution in [1.29, 1.82) is 0 Å². The summed E-state index contributed by atoms with van der Waals surface area (Å²) in [5.41, 5.74) is 5.83. The van der Waals surface area contributed by atoms with Crippen LogP contribution < -0.4 is 11.1 Å². The molecule has 3 nitrogen and oxygen atoms in total. The van der Waals surface area contributed by atoms with Crippen LogP contribution in [0.1, 0.15) is 30.6 Å². The van der Waals surface area contributed by atoms with Gasteiger partial charge in [0.25, 0.3) is 0 Å². The Labute approximate surface area is 100 Å². The molecule has 0 atom stereocenters. The Balaban J connectivity index is 1.75. The molecule has 16 heavy (non-hydrogen) atoms. The van der Waals surface area contributed by atoms with Gasteiger partial charge < -0.3 is 11.1 Å². The van der Waals surface area contributed by atoms with Crippen molar-refractivity contribution < 1.29 is 4.79 Å². The molecule has 0 spiro atoms. The number of nitrogens with two attached hydrogens (primary N) is 1. The number of thiophene rings is 1. The second kappa shape index (κ2) is 5.46. The second-order valence-corrected chi connectivity index (χ2v) is 5.47. The van der Waals surface area contributed by atoms with Gasteiger partial charge in [-0.05, 0) is 37.1 Å². The van der Waals surface area contributed by atoms with Crippen molar-refractivity contribution in [3.8, 4) is 0 Å². The van der Waals surface area contributed by atoms with E-state index in [1.807, 2.05) is 17.5 Å². The maximum absolute atomic E-state index is 11.7. The molecular weight excluding hydrogens is 220 g/mol. The first kappa shape index (κ1) is 11.6. The first-order valence-corrected chi connectivity index (χ1v) is 6.69. The molecule has 1 aromatic rings. The van der Waals surface area contributed by atoms with Gasteiger partial charge in [0.15, 0.2) is 0 Å². The number of rotatable bonds is 3. The van der Waals surface area contributed by atoms with Crippen LogP contribution in [0.25, 0.3) is 0 Å². The van der Waals surface area contributed by atoms with Gasteiger partial charge in [-0.2, -0.15) is 0 Å². The van der Waals surface area contributed by atoms with Crippen molar-refractivity contribution in [2.75, 3.05) is 0 Å². The van der Waals surface area contributed by atoms with Crippen molar-refractivity contribution in [1.82, 2.24) is 5.32 Å². The summed E-state index contributed by atoms with van der Waals surface area (Å²) >= 11 is 1.63. The minimum Gasteiger partial charge on any atom is -0.353 e. The van der Waals surface area contributed by atoms with Gasteiger partial charge in [0.05, 0.1) is 6.42 Å². The third kappa shape index (κ3) is 3.32. The summed E-state index contributed by atoms with van der Waals surface area (Å²) in [6, 6.07) is 4.66. The van der Waals surface area contributed by atoms with Gasteiger partial charge in [-0.1, -0.05) is 6.07 Å². The Morgan fingerprint density at radius 3 is 2.81 bits per heavy atom. The number of carbonyl (C=O) groups is 1. The van der Waals surface area contributed by atoms with Gasteiger partial charge in [0.1, 0.15) is 0 Å². The van der Waals surface area contributed by atoms with Gasteiger partial charge in [-0.25, -0.2) is 0 Å². The number of hydrogen-bond acceptors (Lipinski definition) is 3. The first-order chi connectivity index (χ1) is 7.74. The van der Waals surface area contributed by atoms with Crippen molar-refractivity contribution in [3.63, 3.8) is 0 Å². The van der Waals surface area contributed by atoms with Crippen LogP contribution in [0.4, 0.5) is 0 Å². The van der Waals surface area contributed by atoms with Crippen molar-refractivity contribution in [3.05, 3.63) is 22.4 Å². The molecule has 88 valence electrons. The molecule has 1 amide bonds. The van der Waals surface area contributed by atoms with Crippen LogP contribution in [-0.4, -0.2) is 18.0 Å².